The Morgan fingerprint density at radius 1 is 1.10 bits per heavy atom. The molecule has 0 amide bonds. The second-order valence-corrected chi connectivity index (χ2v) is 5.90. The van der Waals surface area contributed by atoms with Gasteiger partial charge in [-0.15, -0.1) is 0 Å². The number of unbranched alkanes of at least 4 members (excludes halogenated alkanes) is 5. The summed E-state index contributed by atoms with van der Waals surface area (Å²) in [6.45, 7) is 2.18. The summed E-state index contributed by atoms with van der Waals surface area (Å²) in [5.74, 6) is -1.46. The molecule has 0 saturated carbocycles. The van der Waals surface area contributed by atoms with Crippen LogP contribution in [0.2, 0.25) is 10.0 Å². The van der Waals surface area contributed by atoms with E-state index in [4.69, 9.17) is 23.2 Å². The first kappa shape index (κ1) is 17.3. The van der Waals surface area contributed by atoms with E-state index in [0.717, 1.165) is 19.3 Å². The fourth-order valence-electron chi connectivity index (χ4n) is 2.36. The molecule has 20 heavy (non-hydrogen) atoms. The van der Waals surface area contributed by atoms with E-state index in [9.17, 15) is 9.90 Å². The first-order valence-corrected chi connectivity index (χ1v) is 8.00. The standard InChI is InChI=1S/C16H22Cl2O2/c1-2-3-4-5-6-7-9-12(16(19)20)15-13(17)10-8-11-14(15)18/h8,10-12H,2-7,9H2,1H3,(H,19,20)/t12-/m0/s1. The van der Waals surface area contributed by atoms with E-state index in [2.05, 4.69) is 6.92 Å². The Hall–Kier alpha value is -0.730. The van der Waals surface area contributed by atoms with Crippen LogP contribution in [-0.4, -0.2) is 11.1 Å². The average Bonchev–Trinajstić information content (AvgIpc) is 2.39. The number of benzene rings is 1. The van der Waals surface area contributed by atoms with Crippen LogP contribution in [0.3, 0.4) is 0 Å². The molecule has 0 bridgehead atoms. The fraction of sp³-hybridized carbons (Fsp3) is 0.562. The summed E-state index contributed by atoms with van der Waals surface area (Å²) in [7, 11) is 0. The van der Waals surface area contributed by atoms with Crippen molar-refractivity contribution in [3.05, 3.63) is 33.8 Å². The minimum atomic E-state index is -0.853. The molecule has 0 saturated heterocycles. The van der Waals surface area contributed by atoms with Crippen molar-refractivity contribution >= 4 is 29.2 Å². The van der Waals surface area contributed by atoms with Crippen molar-refractivity contribution in [1.82, 2.24) is 0 Å². The third-order valence-corrected chi connectivity index (χ3v) is 4.15. The number of carbonyl (C=O) groups is 1. The van der Waals surface area contributed by atoms with Gasteiger partial charge in [0, 0.05) is 15.6 Å². The lowest BCUT2D eigenvalue weighted by molar-refractivity contribution is -0.139. The Kier molecular flexibility index (Phi) is 8.01. The summed E-state index contributed by atoms with van der Waals surface area (Å²) in [6.07, 6.45) is 7.39. The van der Waals surface area contributed by atoms with Crippen LogP contribution in [0.1, 0.15) is 63.4 Å². The minimum Gasteiger partial charge on any atom is -0.481 e. The van der Waals surface area contributed by atoms with Gasteiger partial charge in [0.25, 0.3) is 0 Å². The molecule has 2 nitrogen and oxygen atoms in total. The first-order chi connectivity index (χ1) is 9.57. The Balaban J connectivity index is 2.59. The third-order valence-electron chi connectivity index (χ3n) is 3.49. The molecular weight excluding hydrogens is 295 g/mol. The zero-order valence-corrected chi connectivity index (χ0v) is 13.4. The normalized spacial score (nSPS) is 12.3. The van der Waals surface area contributed by atoms with Gasteiger partial charge in [-0.25, -0.2) is 0 Å². The van der Waals surface area contributed by atoms with E-state index in [0.29, 0.717) is 22.0 Å². The predicted molar refractivity (Wildman–Crippen MR) is 84.8 cm³/mol. The second-order valence-electron chi connectivity index (χ2n) is 5.08. The number of carboxylic acids is 1. The maximum atomic E-state index is 11.5. The van der Waals surface area contributed by atoms with E-state index in [1.807, 2.05) is 0 Å². The molecule has 4 heteroatoms. The van der Waals surface area contributed by atoms with Crippen molar-refractivity contribution in [3.8, 4) is 0 Å². The topological polar surface area (TPSA) is 37.3 Å². The monoisotopic (exact) mass is 316 g/mol. The van der Waals surface area contributed by atoms with Crippen LogP contribution < -0.4 is 0 Å². The van der Waals surface area contributed by atoms with Crippen molar-refractivity contribution in [1.29, 1.82) is 0 Å². The van der Waals surface area contributed by atoms with E-state index >= 15 is 0 Å². The largest absolute Gasteiger partial charge is 0.481 e. The van der Waals surface area contributed by atoms with Gasteiger partial charge in [0.2, 0.25) is 0 Å². The second kappa shape index (κ2) is 9.25. The quantitative estimate of drug-likeness (QED) is 0.575. The van der Waals surface area contributed by atoms with Gasteiger partial charge in [-0.2, -0.15) is 0 Å². The lowest BCUT2D eigenvalue weighted by atomic mass is 9.93. The van der Waals surface area contributed by atoms with Crippen molar-refractivity contribution in [2.45, 2.75) is 57.8 Å². The zero-order valence-electron chi connectivity index (χ0n) is 11.9. The van der Waals surface area contributed by atoms with Gasteiger partial charge in [-0.1, -0.05) is 74.7 Å². The molecule has 0 aliphatic rings. The van der Waals surface area contributed by atoms with Crippen molar-refractivity contribution < 1.29 is 9.90 Å². The molecule has 0 heterocycles. The van der Waals surface area contributed by atoms with Gasteiger partial charge in [0.15, 0.2) is 0 Å². The summed E-state index contributed by atoms with van der Waals surface area (Å²) in [5, 5.41) is 10.3. The average molecular weight is 317 g/mol. The van der Waals surface area contributed by atoms with E-state index in [-0.39, 0.29) is 0 Å². The van der Waals surface area contributed by atoms with Crippen LogP contribution in [0, 0.1) is 0 Å². The van der Waals surface area contributed by atoms with Crippen LogP contribution in [0.4, 0.5) is 0 Å². The zero-order chi connectivity index (χ0) is 15.0. The Labute approximate surface area is 131 Å². The van der Waals surface area contributed by atoms with E-state index in [1.54, 1.807) is 18.2 Å². The van der Waals surface area contributed by atoms with Crippen LogP contribution >= 0.6 is 23.2 Å². The molecule has 1 N–H and O–H groups in total. The molecule has 0 aliphatic heterocycles. The van der Waals surface area contributed by atoms with Crippen molar-refractivity contribution in [2.24, 2.45) is 0 Å². The minimum absolute atomic E-state index is 0.441. The number of hydrogen-bond acceptors (Lipinski definition) is 1. The summed E-state index contributed by atoms with van der Waals surface area (Å²) in [6, 6.07) is 5.12. The third kappa shape index (κ3) is 5.34. The van der Waals surface area contributed by atoms with Crippen LogP contribution in [0.5, 0.6) is 0 Å². The lowest BCUT2D eigenvalue weighted by Crippen LogP contribution is -2.12. The van der Waals surface area contributed by atoms with Crippen LogP contribution in [-0.2, 0) is 4.79 Å². The van der Waals surface area contributed by atoms with Crippen molar-refractivity contribution in [2.75, 3.05) is 0 Å². The molecule has 1 atom stereocenters. The fourth-order valence-corrected chi connectivity index (χ4v) is 3.02. The maximum Gasteiger partial charge on any atom is 0.311 e. The summed E-state index contributed by atoms with van der Waals surface area (Å²) in [4.78, 5) is 11.5. The molecule has 1 aromatic carbocycles. The summed E-state index contributed by atoms with van der Waals surface area (Å²) >= 11 is 12.2. The molecule has 0 radical (unpaired) electrons. The lowest BCUT2D eigenvalue weighted by Gasteiger charge is -2.15. The van der Waals surface area contributed by atoms with Crippen molar-refractivity contribution in [3.63, 3.8) is 0 Å². The van der Waals surface area contributed by atoms with Gasteiger partial charge in [0.05, 0.1) is 5.92 Å². The molecule has 112 valence electrons. The molecule has 0 aromatic heterocycles. The highest BCUT2D eigenvalue weighted by Gasteiger charge is 2.24. The maximum absolute atomic E-state index is 11.5. The van der Waals surface area contributed by atoms with E-state index < -0.39 is 11.9 Å². The highest BCUT2D eigenvalue weighted by Crippen LogP contribution is 2.34. The van der Waals surface area contributed by atoms with Gasteiger partial charge < -0.3 is 5.11 Å². The highest BCUT2D eigenvalue weighted by molar-refractivity contribution is 6.36. The SMILES string of the molecule is CCCCCCCC[C@H](C(=O)O)c1c(Cl)cccc1Cl. The molecule has 0 fully saturated rings. The number of halogens is 2. The highest BCUT2D eigenvalue weighted by atomic mass is 35.5. The van der Waals surface area contributed by atoms with Gasteiger partial charge >= 0.3 is 5.97 Å². The number of aliphatic carboxylic acids is 1. The first-order valence-electron chi connectivity index (χ1n) is 7.24. The van der Waals surface area contributed by atoms with Gasteiger partial charge in [-0.05, 0) is 18.6 Å². The molecular formula is C16H22Cl2O2. The predicted octanol–water partition coefficient (Wildman–Crippen LogP) is 5.91. The number of carboxylic acid groups (broad SMARTS) is 1. The number of hydrogen-bond donors (Lipinski definition) is 1. The van der Waals surface area contributed by atoms with Crippen LogP contribution in [0.15, 0.2) is 18.2 Å². The summed E-state index contributed by atoms with van der Waals surface area (Å²) < 4.78 is 0. The molecule has 1 aromatic rings. The van der Waals surface area contributed by atoms with E-state index in [1.165, 1.54) is 19.3 Å². The smallest absolute Gasteiger partial charge is 0.311 e. The van der Waals surface area contributed by atoms with Crippen LogP contribution in [0.25, 0.3) is 0 Å². The summed E-state index contributed by atoms with van der Waals surface area (Å²) in [5.41, 5.74) is 0.553. The molecule has 0 spiro atoms. The molecule has 0 aliphatic carbocycles. The van der Waals surface area contributed by atoms with Gasteiger partial charge in [0.1, 0.15) is 0 Å². The molecule has 0 unspecified atom stereocenters. The van der Waals surface area contributed by atoms with Gasteiger partial charge in [-0.3, -0.25) is 4.79 Å². The Morgan fingerprint density at radius 3 is 2.20 bits per heavy atom. The number of rotatable bonds is 9. The Morgan fingerprint density at radius 2 is 1.65 bits per heavy atom. The molecule has 1 rings (SSSR count). The Bertz CT molecular complexity index is 412.